The quantitative estimate of drug-likeness (QED) is 0.449. The first-order valence-corrected chi connectivity index (χ1v) is 6.14. The third kappa shape index (κ3) is 5.14. The molecule has 0 spiro atoms. The van der Waals surface area contributed by atoms with Crippen molar-refractivity contribution in [3.63, 3.8) is 0 Å². The van der Waals surface area contributed by atoms with Gasteiger partial charge in [-0.2, -0.15) is 0 Å². The van der Waals surface area contributed by atoms with Crippen molar-refractivity contribution in [1.82, 2.24) is 0 Å². The summed E-state index contributed by atoms with van der Waals surface area (Å²) < 4.78 is 10.5. The Bertz CT molecular complexity index is 437. The molecule has 0 amide bonds. The van der Waals surface area contributed by atoms with Gasteiger partial charge in [0.2, 0.25) is 6.29 Å². The first-order valence-electron chi connectivity index (χ1n) is 6.14. The van der Waals surface area contributed by atoms with Crippen LogP contribution in [0.2, 0.25) is 0 Å². The number of anilines is 1. The van der Waals surface area contributed by atoms with E-state index in [2.05, 4.69) is 6.58 Å². The van der Waals surface area contributed by atoms with Crippen molar-refractivity contribution in [2.24, 2.45) is 0 Å². The SMILES string of the molecule is C=C(C)COC(C)OC(=O)c1ccc(N(C)C)cc1. The van der Waals surface area contributed by atoms with Gasteiger partial charge >= 0.3 is 5.97 Å². The number of esters is 1. The second kappa shape index (κ2) is 6.95. The van der Waals surface area contributed by atoms with Crippen molar-refractivity contribution in [3.8, 4) is 0 Å². The van der Waals surface area contributed by atoms with Crippen LogP contribution in [0.4, 0.5) is 5.69 Å². The molecule has 0 bridgehead atoms. The topological polar surface area (TPSA) is 38.8 Å². The molecule has 0 aliphatic heterocycles. The van der Waals surface area contributed by atoms with Gasteiger partial charge in [-0.3, -0.25) is 0 Å². The Kier molecular flexibility index (Phi) is 5.57. The lowest BCUT2D eigenvalue weighted by molar-refractivity contribution is -0.0910. The molecule has 0 saturated heterocycles. The second-order valence-corrected chi connectivity index (χ2v) is 4.68. The summed E-state index contributed by atoms with van der Waals surface area (Å²) in [4.78, 5) is 13.8. The monoisotopic (exact) mass is 263 g/mol. The number of hydrogen-bond donors (Lipinski definition) is 0. The molecule has 19 heavy (non-hydrogen) atoms. The van der Waals surface area contributed by atoms with Crippen molar-refractivity contribution in [2.45, 2.75) is 20.1 Å². The molecular formula is C15H21NO3. The molecule has 0 aliphatic carbocycles. The average Bonchev–Trinajstić information content (AvgIpc) is 2.36. The van der Waals surface area contributed by atoms with Crippen LogP contribution in [0.1, 0.15) is 24.2 Å². The normalized spacial score (nSPS) is 11.8. The molecule has 0 aliphatic rings. The van der Waals surface area contributed by atoms with Gasteiger partial charge < -0.3 is 14.4 Å². The summed E-state index contributed by atoms with van der Waals surface area (Å²) in [6.45, 7) is 7.65. The van der Waals surface area contributed by atoms with E-state index in [-0.39, 0.29) is 5.97 Å². The van der Waals surface area contributed by atoms with Crippen molar-refractivity contribution in [1.29, 1.82) is 0 Å². The largest absolute Gasteiger partial charge is 0.432 e. The third-order valence-corrected chi connectivity index (χ3v) is 2.46. The molecule has 0 saturated carbocycles. The molecule has 1 aromatic carbocycles. The van der Waals surface area contributed by atoms with E-state index in [9.17, 15) is 4.79 Å². The molecule has 1 unspecified atom stereocenters. The van der Waals surface area contributed by atoms with Crippen molar-refractivity contribution < 1.29 is 14.3 Å². The fourth-order valence-corrected chi connectivity index (χ4v) is 1.41. The lowest BCUT2D eigenvalue weighted by Crippen LogP contribution is -2.19. The van der Waals surface area contributed by atoms with Crippen LogP contribution >= 0.6 is 0 Å². The maximum Gasteiger partial charge on any atom is 0.340 e. The van der Waals surface area contributed by atoms with Crippen LogP contribution in [0.25, 0.3) is 0 Å². The van der Waals surface area contributed by atoms with E-state index in [0.29, 0.717) is 12.2 Å². The number of carbonyl (C=O) groups excluding carboxylic acids is 1. The molecule has 104 valence electrons. The smallest absolute Gasteiger partial charge is 0.340 e. The van der Waals surface area contributed by atoms with E-state index in [1.54, 1.807) is 19.1 Å². The average molecular weight is 263 g/mol. The van der Waals surface area contributed by atoms with Crippen LogP contribution in [-0.4, -0.2) is 33.0 Å². The molecule has 0 aromatic heterocycles. The molecule has 0 N–H and O–H groups in total. The van der Waals surface area contributed by atoms with E-state index in [1.165, 1.54) is 0 Å². The van der Waals surface area contributed by atoms with Crippen LogP contribution in [-0.2, 0) is 9.47 Å². The van der Waals surface area contributed by atoms with Gasteiger partial charge in [0, 0.05) is 19.8 Å². The van der Waals surface area contributed by atoms with Crippen LogP contribution < -0.4 is 4.90 Å². The standard InChI is InChI=1S/C15H21NO3/c1-11(2)10-18-12(3)19-15(17)13-6-8-14(9-7-13)16(4)5/h6-9,12H,1,10H2,2-5H3. The summed E-state index contributed by atoms with van der Waals surface area (Å²) in [5.41, 5.74) is 2.43. The summed E-state index contributed by atoms with van der Waals surface area (Å²) in [6, 6.07) is 7.22. The first kappa shape index (κ1) is 15.2. The summed E-state index contributed by atoms with van der Waals surface area (Å²) in [6.07, 6.45) is -0.585. The minimum absolute atomic E-state index is 0.383. The Labute approximate surface area is 114 Å². The Morgan fingerprint density at radius 1 is 1.32 bits per heavy atom. The summed E-state index contributed by atoms with van der Waals surface area (Å²) >= 11 is 0. The Balaban J connectivity index is 2.55. The van der Waals surface area contributed by atoms with E-state index in [4.69, 9.17) is 9.47 Å². The van der Waals surface area contributed by atoms with Gasteiger partial charge in [0.15, 0.2) is 0 Å². The van der Waals surface area contributed by atoms with Crippen LogP contribution in [0.15, 0.2) is 36.4 Å². The molecule has 1 aromatic rings. The number of carbonyl (C=O) groups is 1. The van der Waals surface area contributed by atoms with E-state index >= 15 is 0 Å². The predicted octanol–water partition coefficient (Wildman–Crippen LogP) is 2.85. The fourth-order valence-electron chi connectivity index (χ4n) is 1.41. The van der Waals surface area contributed by atoms with Crippen molar-refractivity contribution >= 4 is 11.7 Å². The van der Waals surface area contributed by atoms with Gasteiger partial charge in [-0.1, -0.05) is 12.2 Å². The van der Waals surface area contributed by atoms with Gasteiger partial charge in [-0.05, 0) is 38.1 Å². The molecular weight excluding hydrogens is 242 g/mol. The van der Waals surface area contributed by atoms with E-state index in [0.717, 1.165) is 11.3 Å². The maximum absolute atomic E-state index is 11.8. The molecule has 0 fully saturated rings. The van der Waals surface area contributed by atoms with Gasteiger partial charge in [0.05, 0.1) is 12.2 Å². The molecule has 1 rings (SSSR count). The summed E-state index contributed by atoms with van der Waals surface area (Å²) in [5.74, 6) is -0.389. The Morgan fingerprint density at radius 2 is 1.89 bits per heavy atom. The van der Waals surface area contributed by atoms with Crippen molar-refractivity contribution in [3.05, 3.63) is 42.0 Å². The summed E-state index contributed by atoms with van der Waals surface area (Å²) in [7, 11) is 3.89. The highest BCUT2D eigenvalue weighted by Crippen LogP contribution is 2.13. The van der Waals surface area contributed by atoms with Crippen LogP contribution in [0.3, 0.4) is 0 Å². The molecule has 0 radical (unpaired) electrons. The predicted molar refractivity (Wildman–Crippen MR) is 76.4 cm³/mol. The minimum Gasteiger partial charge on any atom is -0.432 e. The molecule has 4 heteroatoms. The number of hydrogen-bond acceptors (Lipinski definition) is 4. The lowest BCUT2D eigenvalue weighted by Gasteiger charge is -2.15. The minimum atomic E-state index is -0.585. The van der Waals surface area contributed by atoms with Gasteiger partial charge in [-0.15, -0.1) is 0 Å². The van der Waals surface area contributed by atoms with E-state index < -0.39 is 6.29 Å². The highest BCUT2D eigenvalue weighted by molar-refractivity contribution is 5.89. The van der Waals surface area contributed by atoms with Crippen LogP contribution in [0, 0.1) is 0 Å². The first-order chi connectivity index (χ1) is 8.90. The maximum atomic E-state index is 11.8. The number of nitrogens with zero attached hydrogens (tertiary/aromatic N) is 1. The second-order valence-electron chi connectivity index (χ2n) is 4.68. The zero-order valence-electron chi connectivity index (χ0n) is 12.0. The lowest BCUT2D eigenvalue weighted by atomic mass is 10.2. The van der Waals surface area contributed by atoms with Gasteiger partial charge in [-0.25, -0.2) is 4.79 Å². The zero-order valence-corrected chi connectivity index (χ0v) is 12.0. The highest BCUT2D eigenvalue weighted by Gasteiger charge is 2.12. The van der Waals surface area contributed by atoms with Crippen molar-refractivity contribution in [2.75, 3.05) is 25.6 Å². The van der Waals surface area contributed by atoms with E-state index in [1.807, 2.05) is 38.1 Å². The number of benzene rings is 1. The number of ether oxygens (including phenoxy) is 2. The Hall–Kier alpha value is -1.81. The summed E-state index contributed by atoms with van der Waals surface area (Å²) in [5, 5.41) is 0. The van der Waals surface area contributed by atoms with Crippen LogP contribution in [0.5, 0.6) is 0 Å². The molecule has 0 heterocycles. The Morgan fingerprint density at radius 3 is 2.37 bits per heavy atom. The number of rotatable bonds is 6. The highest BCUT2D eigenvalue weighted by atomic mass is 16.7. The fraction of sp³-hybridized carbons (Fsp3) is 0.400. The van der Waals surface area contributed by atoms with Gasteiger partial charge in [0.1, 0.15) is 0 Å². The third-order valence-electron chi connectivity index (χ3n) is 2.46. The van der Waals surface area contributed by atoms with Gasteiger partial charge in [0.25, 0.3) is 0 Å². The molecule has 4 nitrogen and oxygen atoms in total. The zero-order chi connectivity index (χ0) is 14.4. The molecule has 1 atom stereocenters.